The molecule has 3 aliphatic rings. The molecule has 2 aromatic heterocycles. The van der Waals surface area contributed by atoms with E-state index in [0.29, 0.717) is 6.54 Å². The van der Waals surface area contributed by atoms with E-state index in [1.54, 1.807) is 6.33 Å². The van der Waals surface area contributed by atoms with Crippen molar-refractivity contribution in [3.63, 3.8) is 0 Å². The number of piperidine rings is 1. The summed E-state index contributed by atoms with van der Waals surface area (Å²) in [7, 11) is 0. The molecule has 5 heterocycles. The lowest BCUT2D eigenvalue weighted by molar-refractivity contribution is -0.125. The van der Waals surface area contributed by atoms with E-state index in [0.717, 1.165) is 81.2 Å². The molecule has 1 amide bonds. The zero-order valence-corrected chi connectivity index (χ0v) is 20.5. The van der Waals surface area contributed by atoms with Crippen molar-refractivity contribution in [3.8, 4) is 0 Å². The van der Waals surface area contributed by atoms with Gasteiger partial charge in [-0.2, -0.15) is 0 Å². The molecular weight excluding hydrogens is 438 g/mol. The highest BCUT2D eigenvalue weighted by molar-refractivity contribution is 5.84. The number of aromatic nitrogens is 4. The number of aryl methyl sites for hydroxylation is 3. The number of anilines is 2. The third-order valence-electron chi connectivity index (χ3n) is 7.93. The first kappa shape index (κ1) is 22.3. The molecule has 1 aromatic carbocycles. The number of fused-ring (bicyclic) bond motifs is 4. The molecule has 35 heavy (non-hydrogen) atoms. The van der Waals surface area contributed by atoms with Gasteiger partial charge in [0, 0.05) is 57.3 Å². The minimum absolute atomic E-state index is 0.0657. The predicted molar refractivity (Wildman–Crippen MR) is 138 cm³/mol. The fourth-order valence-electron chi connectivity index (χ4n) is 6.01. The maximum atomic E-state index is 12.9. The van der Waals surface area contributed by atoms with Crippen LogP contribution in [0.4, 0.5) is 11.5 Å². The van der Waals surface area contributed by atoms with E-state index in [9.17, 15) is 4.79 Å². The second kappa shape index (κ2) is 9.84. The highest BCUT2D eigenvalue weighted by Gasteiger charge is 2.28. The maximum absolute atomic E-state index is 12.9. The van der Waals surface area contributed by atoms with Gasteiger partial charge in [-0.25, -0.2) is 15.0 Å². The normalized spacial score (nSPS) is 18.7. The van der Waals surface area contributed by atoms with Gasteiger partial charge in [0.05, 0.1) is 0 Å². The van der Waals surface area contributed by atoms with E-state index >= 15 is 0 Å². The number of para-hydroxylation sites is 1. The summed E-state index contributed by atoms with van der Waals surface area (Å²) in [6.07, 6.45) is 10.3. The summed E-state index contributed by atoms with van der Waals surface area (Å²) >= 11 is 0. The van der Waals surface area contributed by atoms with Gasteiger partial charge in [0.1, 0.15) is 12.2 Å². The monoisotopic (exact) mass is 473 g/mol. The summed E-state index contributed by atoms with van der Waals surface area (Å²) in [6, 6.07) is 8.65. The number of carbonyl (C=O) groups excluding carboxylic acids is 1. The van der Waals surface area contributed by atoms with Crippen molar-refractivity contribution in [3.05, 3.63) is 42.0 Å². The first-order chi connectivity index (χ1) is 17.3. The average Bonchev–Trinajstić information content (AvgIpc) is 3.09. The Bertz CT molecular complexity index is 1200. The number of hydrogen-bond acceptors (Lipinski definition) is 6. The van der Waals surface area contributed by atoms with Gasteiger partial charge in [0.15, 0.2) is 17.0 Å². The van der Waals surface area contributed by atoms with Crippen LogP contribution in [0.2, 0.25) is 0 Å². The van der Waals surface area contributed by atoms with Gasteiger partial charge in [0.2, 0.25) is 5.91 Å². The molecule has 1 N–H and O–H groups in total. The second-order valence-electron chi connectivity index (χ2n) is 10.1. The van der Waals surface area contributed by atoms with E-state index < -0.39 is 0 Å². The number of hydrogen-bond donors (Lipinski definition) is 1. The summed E-state index contributed by atoms with van der Waals surface area (Å²) in [5.74, 6) is 2.33. The smallest absolute Gasteiger partial charge is 0.223 e. The Labute approximate surface area is 206 Å². The molecule has 8 heteroatoms. The van der Waals surface area contributed by atoms with E-state index in [1.165, 1.54) is 36.9 Å². The Balaban J connectivity index is 1.05. The number of amides is 1. The van der Waals surface area contributed by atoms with Crippen molar-refractivity contribution in [2.24, 2.45) is 5.92 Å². The van der Waals surface area contributed by atoms with E-state index in [4.69, 9.17) is 4.98 Å². The van der Waals surface area contributed by atoms with Gasteiger partial charge < -0.3 is 19.7 Å². The minimum Gasteiger partial charge on any atom is -0.370 e. The number of nitrogens with zero attached hydrogens (tertiary/aromatic N) is 6. The average molecular weight is 474 g/mol. The Morgan fingerprint density at radius 2 is 1.86 bits per heavy atom. The Morgan fingerprint density at radius 3 is 2.77 bits per heavy atom. The van der Waals surface area contributed by atoms with Crippen LogP contribution >= 0.6 is 0 Å². The first-order valence-electron chi connectivity index (χ1n) is 13.3. The molecule has 1 fully saturated rings. The van der Waals surface area contributed by atoms with Crippen LogP contribution in [0.3, 0.4) is 0 Å². The molecule has 3 aromatic rings. The molecule has 0 atom stereocenters. The first-order valence-corrected chi connectivity index (χ1v) is 13.3. The van der Waals surface area contributed by atoms with Crippen molar-refractivity contribution >= 4 is 28.6 Å². The third kappa shape index (κ3) is 4.46. The topological polar surface area (TPSA) is 79.2 Å². The molecule has 0 radical (unpaired) electrons. The summed E-state index contributed by atoms with van der Waals surface area (Å²) in [5, 5.41) is 3.21. The molecule has 184 valence electrons. The molecule has 0 saturated carbocycles. The lowest BCUT2D eigenvalue weighted by Crippen LogP contribution is -2.43. The van der Waals surface area contributed by atoms with Gasteiger partial charge >= 0.3 is 0 Å². The van der Waals surface area contributed by atoms with Gasteiger partial charge in [-0.3, -0.25) is 4.79 Å². The van der Waals surface area contributed by atoms with Crippen LogP contribution in [0.5, 0.6) is 0 Å². The fraction of sp³-hybridized carbons (Fsp3) is 0.556. The number of rotatable bonds is 5. The lowest BCUT2D eigenvalue weighted by Gasteiger charge is -2.33. The molecule has 0 spiro atoms. The van der Waals surface area contributed by atoms with Crippen LogP contribution in [-0.4, -0.2) is 58.1 Å². The molecule has 6 rings (SSSR count). The number of benzene rings is 1. The number of carbonyl (C=O) groups is 1. The van der Waals surface area contributed by atoms with Crippen LogP contribution in [-0.2, 0) is 24.2 Å². The Morgan fingerprint density at radius 1 is 0.971 bits per heavy atom. The summed E-state index contributed by atoms with van der Waals surface area (Å²) < 4.78 is 2.29. The van der Waals surface area contributed by atoms with E-state index in [2.05, 4.69) is 53.9 Å². The number of nitrogens with one attached hydrogen (secondary N) is 1. The van der Waals surface area contributed by atoms with Crippen molar-refractivity contribution in [2.45, 2.75) is 57.9 Å². The standard InChI is InChI=1S/C27H35N7O/c35-27(28-13-18-32-14-6-8-20-7-3-4-9-22(20)32)21-11-16-33(17-12-21)25-24-26(30-19-29-25)34-15-5-1-2-10-23(34)31-24/h3-4,7,9,19,21H,1-2,5-6,8,10-18H2,(H,28,35). The summed E-state index contributed by atoms with van der Waals surface area (Å²) in [5.41, 5.74) is 4.64. The van der Waals surface area contributed by atoms with Crippen LogP contribution < -0.4 is 15.1 Å². The SMILES string of the molecule is O=C(NCCN1CCCc2ccccc21)C1CCN(c2ncnc3c2nc2n3CCCCC2)CC1. The molecule has 0 unspecified atom stereocenters. The Kier molecular flexibility index (Phi) is 6.27. The molecule has 3 aliphatic heterocycles. The third-order valence-corrected chi connectivity index (χ3v) is 7.93. The lowest BCUT2D eigenvalue weighted by atomic mass is 9.96. The van der Waals surface area contributed by atoms with E-state index in [-0.39, 0.29) is 11.8 Å². The van der Waals surface area contributed by atoms with Crippen molar-refractivity contribution in [2.75, 3.05) is 42.5 Å². The van der Waals surface area contributed by atoms with Crippen molar-refractivity contribution in [1.29, 1.82) is 0 Å². The minimum atomic E-state index is 0.0657. The molecule has 1 saturated heterocycles. The second-order valence-corrected chi connectivity index (χ2v) is 10.1. The quantitative estimate of drug-likeness (QED) is 0.612. The van der Waals surface area contributed by atoms with E-state index in [1.807, 2.05) is 0 Å². The molecule has 0 bridgehead atoms. The largest absolute Gasteiger partial charge is 0.370 e. The highest BCUT2D eigenvalue weighted by Crippen LogP contribution is 2.30. The zero-order chi connectivity index (χ0) is 23.6. The van der Waals surface area contributed by atoms with Crippen LogP contribution in [0.25, 0.3) is 11.2 Å². The maximum Gasteiger partial charge on any atom is 0.223 e. The van der Waals surface area contributed by atoms with Gasteiger partial charge in [-0.15, -0.1) is 0 Å². The molecule has 8 nitrogen and oxygen atoms in total. The van der Waals surface area contributed by atoms with Gasteiger partial charge in [-0.05, 0) is 50.2 Å². The van der Waals surface area contributed by atoms with Gasteiger partial charge in [-0.1, -0.05) is 24.6 Å². The van der Waals surface area contributed by atoms with Crippen LogP contribution in [0.1, 0.15) is 49.9 Å². The summed E-state index contributed by atoms with van der Waals surface area (Å²) in [6.45, 7) is 5.27. The van der Waals surface area contributed by atoms with Crippen molar-refractivity contribution < 1.29 is 4.79 Å². The van der Waals surface area contributed by atoms with Gasteiger partial charge in [0.25, 0.3) is 0 Å². The van der Waals surface area contributed by atoms with Crippen LogP contribution in [0.15, 0.2) is 30.6 Å². The van der Waals surface area contributed by atoms with Crippen molar-refractivity contribution in [1.82, 2.24) is 24.8 Å². The highest BCUT2D eigenvalue weighted by atomic mass is 16.1. The Hall–Kier alpha value is -3.16. The zero-order valence-electron chi connectivity index (χ0n) is 20.5. The number of imidazole rings is 1. The summed E-state index contributed by atoms with van der Waals surface area (Å²) in [4.78, 5) is 31.8. The fourth-order valence-corrected chi connectivity index (χ4v) is 6.01. The van der Waals surface area contributed by atoms with Crippen LogP contribution in [0, 0.1) is 5.92 Å². The molecular formula is C27H35N7O. The molecule has 0 aliphatic carbocycles. The predicted octanol–water partition coefficient (Wildman–Crippen LogP) is 3.34.